The summed E-state index contributed by atoms with van der Waals surface area (Å²) < 4.78 is 0. The zero-order valence-electron chi connectivity index (χ0n) is 11.1. The van der Waals surface area contributed by atoms with Crippen LogP contribution in [-0.4, -0.2) is 21.8 Å². The first-order valence-electron chi connectivity index (χ1n) is 6.60. The van der Waals surface area contributed by atoms with E-state index in [1.165, 1.54) is 12.8 Å². The average molecular weight is 310 g/mol. The molecule has 0 spiro atoms. The molecule has 1 saturated carbocycles. The number of hydrogen-bond donors (Lipinski definition) is 2. The minimum Gasteiger partial charge on any atom is -0.384 e. The van der Waals surface area contributed by atoms with E-state index >= 15 is 0 Å². The van der Waals surface area contributed by atoms with Crippen LogP contribution in [0.1, 0.15) is 36.3 Å². The predicted octanol–water partition coefficient (Wildman–Crippen LogP) is 3.39. The standard InChI is InChI=1S/C14H16ClN3OS/c1-14(19,10-3-2-4-11(15)7-10)8-16-13-18-17-12(20-13)9-5-6-9/h2-4,7,9,19H,5-6,8H2,1H3,(H,16,18). The van der Waals surface area contributed by atoms with Crippen LogP contribution in [0.2, 0.25) is 5.02 Å². The van der Waals surface area contributed by atoms with E-state index in [-0.39, 0.29) is 0 Å². The summed E-state index contributed by atoms with van der Waals surface area (Å²) in [4.78, 5) is 0. The molecule has 3 rings (SSSR count). The van der Waals surface area contributed by atoms with Gasteiger partial charge in [-0.1, -0.05) is 35.1 Å². The highest BCUT2D eigenvalue weighted by Gasteiger charge is 2.28. The third-order valence-corrected chi connectivity index (χ3v) is 4.68. The van der Waals surface area contributed by atoms with Crippen LogP contribution >= 0.6 is 22.9 Å². The van der Waals surface area contributed by atoms with E-state index in [2.05, 4.69) is 15.5 Å². The lowest BCUT2D eigenvalue weighted by Crippen LogP contribution is -2.30. The van der Waals surface area contributed by atoms with Gasteiger partial charge in [-0.05, 0) is 37.5 Å². The van der Waals surface area contributed by atoms with Crippen molar-refractivity contribution in [2.75, 3.05) is 11.9 Å². The molecular weight excluding hydrogens is 294 g/mol. The van der Waals surface area contributed by atoms with Crippen molar-refractivity contribution in [2.24, 2.45) is 0 Å². The molecule has 6 heteroatoms. The number of benzene rings is 1. The van der Waals surface area contributed by atoms with Gasteiger partial charge in [0.2, 0.25) is 5.13 Å². The summed E-state index contributed by atoms with van der Waals surface area (Å²) in [7, 11) is 0. The number of nitrogens with zero attached hydrogens (tertiary/aromatic N) is 2. The average Bonchev–Trinajstić information content (AvgIpc) is 3.16. The molecule has 1 unspecified atom stereocenters. The van der Waals surface area contributed by atoms with E-state index in [1.807, 2.05) is 12.1 Å². The fraction of sp³-hybridized carbons (Fsp3) is 0.429. The Morgan fingerprint density at radius 1 is 1.45 bits per heavy atom. The molecule has 1 atom stereocenters. The number of rotatable bonds is 5. The lowest BCUT2D eigenvalue weighted by Gasteiger charge is -2.24. The number of nitrogens with one attached hydrogen (secondary N) is 1. The Morgan fingerprint density at radius 3 is 2.95 bits per heavy atom. The van der Waals surface area contributed by atoms with Crippen molar-refractivity contribution < 1.29 is 5.11 Å². The Bertz CT molecular complexity index is 610. The van der Waals surface area contributed by atoms with Crippen LogP contribution < -0.4 is 5.32 Å². The molecule has 0 bridgehead atoms. The van der Waals surface area contributed by atoms with Gasteiger partial charge in [0.25, 0.3) is 0 Å². The van der Waals surface area contributed by atoms with Gasteiger partial charge in [0, 0.05) is 17.5 Å². The zero-order chi connectivity index (χ0) is 14.2. The largest absolute Gasteiger partial charge is 0.384 e. The van der Waals surface area contributed by atoms with Gasteiger partial charge in [0.05, 0.1) is 0 Å². The first-order chi connectivity index (χ1) is 9.54. The Balaban J connectivity index is 1.66. The zero-order valence-corrected chi connectivity index (χ0v) is 12.7. The van der Waals surface area contributed by atoms with Crippen LogP contribution in [-0.2, 0) is 5.60 Å². The highest BCUT2D eigenvalue weighted by molar-refractivity contribution is 7.15. The Morgan fingerprint density at radius 2 is 2.25 bits per heavy atom. The van der Waals surface area contributed by atoms with E-state index < -0.39 is 5.60 Å². The monoisotopic (exact) mass is 309 g/mol. The quantitative estimate of drug-likeness (QED) is 0.889. The lowest BCUT2D eigenvalue weighted by atomic mass is 9.96. The fourth-order valence-electron chi connectivity index (χ4n) is 1.97. The summed E-state index contributed by atoms with van der Waals surface area (Å²) in [5, 5.41) is 24.4. The summed E-state index contributed by atoms with van der Waals surface area (Å²) in [6.45, 7) is 2.13. The molecule has 1 heterocycles. The van der Waals surface area contributed by atoms with Gasteiger partial charge in [0.15, 0.2) is 0 Å². The van der Waals surface area contributed by atoms with Gasteiger partial charge in [0.1, 0.15) is 10.6 Å². The second-order valence-electron chi connectivity index (χ2n) is 5.36. The van der Waals surface area contributed by atoms with Gasteiger partial charge >= 0.3 is 0 Å². The van der Waals surface area contributed by atoms with Gasteiger partial charge < -0.3 is 10.4 Å². The third kappa shape index (κ3) is 3.11. The molecule has 0 saturated heterocycles. The van der Waals surface area contributed by atoms with E-state index in [1.54, 1.807) is 30.4 Å². The maximum absolute atomic E-state index is 10.5. The fourth-order valence-corrected chi connectivity index (χ4v) is 3.07. The van der Waals surface area contributed by atoms with Crippen LogP contribution in [0.15, 0.2) is 24.3 Å². The normalized spacial score (nSPS) is 17.8. The van der Waals surface area contributed by atoms with Crippen molar-refractivity contribution >= 4 is 28.1 Å². The summed E-state index contributed by atoms with van der Waals surface area (Å²) in [6, 6.07) is 7.27. The maximum Gasteiger partial charge on any atom is 0.205 e. The number of anilines is 1. The maximum atomic E-state index is 10.5. The Kier molecular flexibility index (Phi) is 3.67. The second-order valence-corrected chi connectivity index (χ2v) is 6.80. The summed E-state index contributed by atoms with van der Waals surface area (Å²) >= 11 is 7.53. The molecule has 20 heavy (non-hydrogen) atoms. The first kappa shape index (κ1) is 13.8. The summed E-state index contributed by atoms with van der Waals surface area (Å²) in [5.74, 6) is 0.608. The molecule has 106 valence electrons. The predicted molar refractivity (Wildman–Crippen MR) is 81.4 cm³/mol. The van der Waals surface area contributed by atoms with Crippen molar-refractivity contribution in [2.45, 2.75) is 31.3 Å². The van der Waals surface area contributed by atoms with Crippen molar-refractivity contribution in [3.63, 3.8) is 0 Å². The number of halogens is 1. The molecule has 0 amide bonds. The summed E-state index contributed by atoms with van der Waals surface area (Å²) in [5.41, 5.74) is -0.222. The van der Waals surface area contributed by atoms with Gasteiger partial charge in [-0.25, -0.2) is 0 Å². The molecular formula is C14H16ClN3OS. The minimum absolute atomic E-state index is 0.368. The van der Waals surface area contributed by atoms with Crippen molar-refractivity contribution in [1.29, 1.82) is 0 Å². The number of hydrogen-bond acceptors (Lipinski definition) is 5. The van der Waals surface area contributed by atoms with Crippen molar-refractivity contribution in [3.8, 4) is 0 Å². The smallest absolute Gasteiger partial charge is 0.205 e. The molecule has 1 aromatic heterocycles. The van der Waals surface area contributed by atoms with Crippen molar-refractivity contribution in [1.82, 2.24) is 10.2 Å². The van der Waals surface area contributed by atoms with Gasteiger partial charge in [-0.15, -0.1) is 10.2 Å². The third-order valence-electron chi connectivity index (χ3n) is 3.40. The summed E-state index contributed by atoms with van der Waals surface area (Å²) in [6.07, 6.45) is 2.43. The van der Waals surface area contributed by atoms with Crippen LogP contribution in [0.3, 0.4) is 0 Å². The molecule has 2 N–H and O–H groups in total. The topological polar surface area (TPSA) is 58.0 Å². The van der Waals surface area contributed by atoms with Crippen LogP contribution in [0, 0.1) is 0 Å². The number of aromatic nitrogens is 2. The molecule has 0 aliphatic heterocycles. The van der Waals surface area contributed by atoms with Crippen LogP contribution in [0.5, 0.6) is 0 Å². The molecule has 4 nitrogen and oxygen atoms in total. The van der Waals surface area contributed by atoms with E-state index in [9.17, 15) is 5.11 Å². The molecule has 1 aliphatic rings. The SMILES string of the molecule is CC(O)(CNc1nnc(C2CC2)s1)c1cccc(Cl)c1. The van der Waals surface area contributed by atoms with Gasteiger partial charge in [-0.2, -0.15) is 0 Å². The van der Waals surface area contributed by atoms with Crippen LogP contribution in [0.25, 0.3) is 0 Å². The van der Waals surface area contributed by atoms with Crippen molar-refractivity contribution in [3.05, 3.63) is 39.9 Å². The van der Waals surface area contributed by atoms with E-state index in [0.717, 1.165) is 15.7 Å². The first-order valence-corrected chi connectivity index (χ1v) is 7.80. The molecule has 2 aromatic rings. The van der Waals surface area contributed by atoms with E-state index in [0.29, 0.717) is 17.5 Å². The Labute approximate surface area is 126 Å². The second kappa shape index (κ2) is 5.31. The number of aliphatic hydroxyl groups is 1. The molecule has 1 aromatic carbocycles. The molecule has 1 aliphatic carbocycles. The molecule has 0 radical (unpaired) electrons. The minimum atomic E-state index is -1.00. The molecule has 1 fully saturated rings. The lowest BCUT2D eigenvalue weighted by molar-refractivity contribution is 0.0715. The van der Waals surface area contributed by atoms with Gasteiger partial charge in [-0.3, -0.25) is 0 Å². The Hall–Kier alpha value is -1.17. The van der Waals surface area contributed by atoms with Crippen LogP contribution in [0.4, 0.5) is 5.13 Å². The van der Waals surface area contributed by atoms with E-state index in [4.69, 9.17) is 11.6 Å². The highest BCUT2D eigenvalue weighted by Crippen LogP contribution is 2.42. The highest BCUT2D eigenvalue weighted by atomic mass is 35.5.